The summed E-state index contributed by atoms with van der Waals surface area (Å²) in [6.45, 7) is 0. The molecule has 0 aliphatic carbocycles. The molecule has 0 amide bonds. The van der Waals surface area contributed by atoms with Gasteiger partial charge >= 0.3 is 0 Å². The summed E-state index contributed by atoms with van der Waals surface area (Å²) in [5.41, 5.74) is 21.1. The standard InChI is InChI=1S/C66H48/c1-9-25-49(26-10-1)61(50-27-11-2-12-28-50)63(53-33-17-5-18-34-53)57-41-45-59(46-42-57)65(55-37-21-7-22-38-55)66(56-39-23-8-24-40-56)60-47-43-58(44-48-60)64(54-35-19-6-20-36-54)62(51-29-13-3-14-30-51)52-31-15-4-16-32-52/h1-48H/b66-65+. The normalized spacial score (nSPS) is 11.3. The Morgan fingerprint density at radius 3 is 0.303 bits per heavy atom. The first-order chi connectivity index (χ1) is 32.8. The maximum atomic E-state index is 2.31. The first kappa shape index (κ1) is 41.4. The van der Waals surface area contributed by atoms with Crippen molar-refractivity contribution >= 4 is 33.4 Å². The smallest absolute Gasteiger partial charge is 0.00268 e. The molecule has 0 aliphatic heterocycles. The highest BCUT2D eigenvalue weighted by Gasteiger charge is 2.21. The van der Waals surface area contributed by atoms with Crippen molar-refractivity contribution < 1.29 is 0 Å². The molecule has 0 atom stereocenters. The van der Waals surface area contributed by atoms with Crippen molar-refractivity contribution in [3.8, 4) is 0 Å². The maximum Gasteiger partial charge on any atom is -0.00268 e. The molecule has 10 rings (SSSR count). The highest BCUT2D eigenvalue weighted by atomic mass is 14.2. The van der Waals surface area contributed by atoms with Crippen LogP contribution >= 0.6 is 0 Å². The van der Waals surface area contributed by atoms with Gasteiger partial charge in [0.25, 0.3) is 0 Å². The summed E-state index contributed by atoms with van der Waals surface area (Å²) < 4.78 is 0. The third-order valence-electron chi connectivity index (χ3n) is 12.2. The topological polar surface area (TPSA) is 0 Å². The van der Waals surface area contributed by atoms with Crippen LogP contribution in [-0.4, -0.2) is 0 Å². The molecule has 66 heavy (non-hydrogen) atoms. The van der Waals surface area contributed by atoms with Crippen molar-refractivity contribution in [3.63, 3.8) is 0 Å². The molecule has 0 unspecified atom stereocenters. The van der Waals surface area contributed by atoms with Gasteiger partial charge in [-0.25, -0.2) is 0 Å². The Kier molecular flexibility index (Phi) is 12.5. The lowest BCUT2D eigenvalue weighted by Crippen LogP contribution is -2.00. The quantitative estimate of drug-likeness (QED) is 0.108. The van der Waals surface area contributed by atoms with Gasteiger partial charge < -0.3 is 0 Å². The zero-order chi connectivity index (χ0) is 44.3. The van der Waals surface area contributed by atoms with Gasteiger partial charge in [-0.1, -0.05) is 291 Å². The van der Waals surface area contributed by atoms with Gasteiger partial charge in [-0.05, 0) is 100 Å². The molecular formula is C66H48. The van der Waals surface area contributed by atoms with Crippen LogP contribution in [-0.2, 0) is 0 Å². The van der Waals surface area contributed by atoms with Crippen LogP contribution in [0.4, 0.5) is 0 Å². The SMILES string of the molecule is c1ccc(C(=C(c2ccccc2)c2ccc(/C(=C(\c3ccccc3)c3ccc(C(=C(c4ccccc4)c4ccccc4)c4ccccc4)cc3)c3ccccc3)cc2)c2ccccc2)cc1. The molecule has 10 aromatic carbocycles. The molecule has 0 heteroatoms. The molecule has 0 saturated carbocycles. The molecule has 0 spiro atoms. The molecule has 0 N–H and O–H groups in total. The minimum Gasteiger partial charge on any atom is -0.0622 e. The minimum atomic E-state index is 1.14. The molecule has 0 bridgehead atoms. The van der Waals surface area contributed by atoms with E-state index in [4.69, 9.17) is 0 Å². The lowest BCUT2D eigenvalue weighted by atomic mass is 9.82. The second-order valence-electron chi connectivity index (χ2n) is 16.3. The van der Waals surface area contributed by atoms with Crippen LogP contribution < -0.4 is 0 Å². The van der Waals surface area contributed by atoms with E-state index >= 15 is 0 Å². The van der Waals surface area contributed by atoms with Gasteiger partial charge in [-0.3, -0.25) is 0 Å². The second kappa shape index (κ2) is 19.9. The highest BCUT2D eigenvalue weighted by molar-refractivity contribution is 6.08. The average molecular weight is 841 g/mol. The first-order valence-electron chi connectivity index (χ1n) is 22.7. The molecule has 0 aromatic heterocycles. The predicted molar refractivity (Wildman–Crippen MR) is 279 cm³/mol. The van der Waals surface area contributed by atoms with Crippen LogP contribution in [0.5, 0.6) is 0 Å². The molecule has 312 valence electrons. The van der Waals surface area contributed by atoms with Gasteiger partial charge in [0.1, 0.15) is 0 Å². The summed E-state index contributed by atoms with van der Waals surface area (Å²) in [5.74, 6) is 0. The van der Waals surface area contributed by atoms with Crippen LogP contribution in [0.1, 0.15) is 66.8 Å². The fourth-order valence-electron chi connectivity index (χ4n) is 9.18. The molecule has 10 aromatic rings. The van der Waals surface area contributed by atoms with Crippen molar-refractivity contribution in [2.75, 3.05) is 0 Å². The lowest BCUT2D eigenvalue weighted by molar-refractivity contribution is 1.46. The largest absolute Gasteiger partial charge is 0.0622 e. The zero-order valence-corrected chi connectivity index (χ0v) is 36.7. The van der Waals surface area contributed by atoms with Crippen molar-refractivity contribution in [1.82, 2.24) is 0 Å². The minimum absolute atomic E-state index is 1.14. The summed E-state index contributed by atoms with van der Waals surface area (Å²) in [6.07, 6.45) is 0. The van der Waals surface area contributed by atoms with E-state index in [0.29, 0.717) is 0 Å². The summed E-state index contributed by atoms with van der Waals surface area (Å²) >= 11 is 0. The van der Waals surface area contributed by atoms with E-state index in [2.05, 4.69) is 291 Å². The Bertz CT molecular complexity index is 2920. The van der Waals surface area contributed by atoms with E-state index < -0.39 is 0 Å². The second-order valence-corrected chi connectivity index (χ2v) is 16.3. The van der Waals surface area contributed by atoms with Crippen LogP contribution in [0.15, 0.2) is 291 Å². The van der Waals surface area contributed by atoms with E-state index in [9.17, 15) is 0 Å². The highest BCUT2D eigenvalue weighted by Crippen LogP contribution is 2.42. The van der Waals surface area contributed by atoms with Crippen LogP contribution in [0.3, 0.4) is 0 Å². The zero-order valence-electron chi connectivity index (χ0n) is 36.7. The van der Waals surface area contributed by atoms with Gasteiger partial charge in [0, 0.05) is 0 Å². The number of benzene rings is 10. The molecule has 0 heterocycles. The predicted octanol–water partition coefficient (Wildman–Crippen LogP) is 16.7. The third-order valence-corrected chi connectivity index (χ3v) is 12.2. The number of rotatable bonds is 12. The van der Waals surface area contributed by atoms with E-state index in [1.54, 1.807) is 0 Å². The number of hydrogen-bond acceptors (Lipinski definition) is 0. The van der Waals surface area contributed by atoms with E-state index in [1.807, 2.05) is 0 Å². The fraction of sp³-hybridized carbons (Fsp3) is 0. The summed E-state index contributed by atoms with van der Waals surface area (Å²) in [7, 11) is 0. The molecule has 0 fully saturated rings. The van der Waals surface area contributed by atoms with Gasteiger partial charge in [0.2, 0.25) is 0 Å². The lowest BCUT2D eigenvalue weighted by Gasteiger charge is -2.21. The van der Waals surface area contributed by atoms with Crippen LogP contribution in [0, 0.1) is 0 Å². The van der Waals surface area contributed by atoms with Gasteiger partial charge in [0.15, 0.2) is 0 Å². The van der Waals surface area contributed by atoms with E-state index in [-0.39, 0.29) is 0 Å². The third kappa shape index (κ3) is 8.95. The van der Waals surface area contributed by atoms with Gasteiger partial charge in [-0.2, -0.15) is 0 Å². The number of hydrogen-bond donors (Lipinski definition) is 0. The van der Waals surface area contributed by atoms with Crippen molar-refractivity contribution in [3.05, 3.63) is 358 Å². The fourth-order valence-corrected chi connectivity index (χ4v) is 9.18. The first-order valence-corrected chi connectivity index (χ1v) is 22.7. The van der Waals surface area contributed by atoms with Crippen LogP contribution in [0.25, 0.3) is 33.4 Å². The summed E-state index contributed by atoms with van der Waals surface area (Å²) in [6, 6.07) is 105. The Labute approximate surface area is 389 Å². The molecule has 0 saturated heterocycles. The molecular weight excluding hydrogens is 793 g/mol. The van der Waals surface area contributed by atoms with Crippen molar-refractivity contribution in [2.24, 2.45) is 0 Å². The Hall–Kier alpha value is -8.58. The van der Waals surface area contributed by atoms with Crippen LogP contribution in [0.2, 0.25) is 0 Å². The monoisotopic (exact) mass is 840 g/mol. The molecule has 0 aliphatic rings. The Morgan fingerprint density at radius 2 is 0.197 bits per heavy atom. The van der Waals surface area contributed by atoms with E-state index in [0.717, 1.165) is 33.4 Å². The summed E-state index contributed by atoms with van der Waals surface area (Å²) in [4.78, 5) is 0. The summed E-state index contributed by atoms with van der Waals surface area (Å²) in [5, 5.41) is 0. The average Bonchev–Trinajstić information content (AvgIpc) is 3.41. The molecule has 0 radical (unpaired) electrons. The van der Waals surface area contributed by atoms with E-state index in [1.165, 1.54) is 66.8 Å². The maximum absolute atomic E-state index is 2.31. The van der Waals surface area contributed by atoms with Crippen molar-refractivity contribution in [2.45, 2.75) is 0 Å². The van der Waals surface area contributed by atoms with Gasteiger partial charge in [0.05, 0.1) is 0 Å². The Balaban J connectivity index is 1.18. The molecule has 0 nitrogen and oxygen atoms in total. The van der Waals surface area contributed by atoms with Crippen molar-refractivity contribution in [1.29, 1.82) is 0 Å². The van der Waals surface area contributed by atoms with Gasteiger partial charge in [-0.15, -0.1) is 0 Å². The Morgan fingerprint density at radius 1 is 0.106 bits per heavy atom.